The van der Waals surface area contributed by atoms with Crippen molar-refractivity contribution in [3.8, 4) is 0 Å². The first kappa shape index (κ1) is 21.6. The number of hydrazine groups is 1. The molecule has 1 aliphatic rings. The number of nitrogens with one attached hydrogen (secondary N) is 1. The highest BCUT2D eigenvalue weighted by Gasteiger charge is 2.42. The average molecular weight is 432 g/mol. The number of rotatable bonds is 7. The Bertz CT molecular complexity index is 1110. The number of hydrogen-bond acceptors (Lipinski definition) is 7. The average Bonchev–Trinajstić information content (AvgIpc) is 2.74. The number of carbonyl (C=O) groups excluding carboxylic acids is 3. The number of aliphatic hydroxyl groups is 1. The molecule has 0 radical (unpaired) electrons. The number of carbonyl (C=O) groups is 3. The molecule has 2 unspecified atom stereocenters. The Morgan fingerprint density at radius 3 is 2.67 bits per heavy atom. The standard InChI is InChI=1S/C20H20N2O7S/c1-12-6-7-17(30(27,28)29-2)15(8-12)16-10-18(24)22(16)21-20(26)19(25)14-5-3-4-13(9-14)11-23/h3-9,11,16,19,25H,10H2,1-2H3,(H,21,26). The van der Waals surface area contributed by atoms with Crippen LogP contribution in [0.3, 0.4) is 0 Å². The third kappa shape index (κ3) is 4.11. The van der Waals surface area contributed by atoms with E-state index in [0.29, 0.717) is 11.8 Å². The van der Waals surface area contributed by atoms with E-state index in [1.165, 1.54) is 30.3 Å². The zero-order valence-electron chi connectivity index (χ0n) is 16.2. The lowest BCUT2D eigenvalue weighted by molar-refractivity contribution is -0.160. The van der Waals surface area contributed by atoms with Crippen LogP contribution in [0.2, 0.25) is 0 Å². The lowest BCUT2D eigenvalue weighted by atomic mass is 9.94. The second-order valence-corrected chi connectivity index (χ2v) is 8.49. The van der Waals surface area contributed by atoms with Gasteiger partial charge in [0.2, 0.25) is 5.91 Å². The van der Waals surface area contributed by atoms with Crippen molar-refractivity contribution in [2.75, 3.05) is 7.11 Å². The molecule has 2 aromatic rings. The molecule has 0 aliphatic carbocycles. The molecule has 1 heterocycles. The summed E-state index contributed by atoms with van der Waals surface area (Å²) in [5.74, 6) is -1.33. The summed E-state index contributed by atoms with van der Waals surface area (Å²) in [7, 11) is -3.00. The summed E-state index contributed by atoms with van der Waals surface area (Å²) in [6.07, 6.45) is -1.07. The van der Waals surface area contributed by atoms with Gasteiger partial charge in [0.05, 0.1) is 24.5 Å². The van der Waals surface area contributed by atoms with Crippen LogP contribution in [0.5, 0.6) is 0 Å². The van der Waals surface area contributed by atoms with Gasteiger partial charge in [-0.3, -0.25) is 24.0 Å². The molecule has 0 aromatic heterocycles. The molecule has 2 atom stereocenters. The Labute approximate surface area is 173 Å². The minimum Gasteiger partial charge on any atom is -0.378 e. The maximum absolute atomic E-state index is 12.5. The maximum Gasteiger partial charge on any atom is 0.297 e. The summed E-state index contributed by atoms with van der Waals surface area (Å²) < 4.78 is 29.1. The number of amides is 2. The van der Waals surface area contributed by atoms with Gasteiger partial charge in [0.25, 0.3) is 16.0 Å². The Balaban J connectivity index is 1.86. The Hall–Kier alpha value is -3.08. The summed E-state index contributed by atoms with van der Waals surface area (Å²) in [6, 6.07) is 9.70. The maximum atomic E-state index is 12.5. The van der Waals surface area contributed by atoms with Crippen molar-refractivity contribution in [2.45, 2.75) is 30.4 Å². The number of hydrogen-bond donors (Lipinski definition) is 2. The molecule has 1 fully saturated rings. The summed E-state index contributed by atoms with van der Waals surface area (Å²) in [5.41, 5.74) is 3.86. The number of aliphatic hydroxyl groups excluding tert-OH is 1. The highest BCUT2D eigenvalue weighted by Crippen LogP contribution is 2.37. The van der Waals surface area contributed by atoms with Crippen molar-refractivity contribution in [2.24, 2.45) is 0 Å². The van der Waals surface area contributed by atoms with E-state index in [2.05, 4.69) is 9.61 Å². The topological polar surface area (TPSA) is 130 Å². The summed E-state index contributed by atoms with van der Waals surface area (Å²) >= 11 is 0. The van der Waals surface area contributed by atoms with Gasteiger partial charge in [-0.1, -0.05) is 35.9 Å². The summed E-state index contributed by atoms with van der Waals surface area (Å²) in [6.45, 7) is 1.76. The molecule has 0 bridgehead atoms. The summed E-state index contributed by atoms with van der Waals surface area (Å²) in [5, 5.41) is 11.3. The van der Waals surface area contributed by atoms with Crippen LogP contribution in [0.4, 0.5) is 0 Å². The van der Waals surface area contributed by atoms with Crippen LogP contribution < -0.4 is 5.43 Å². The van der Waals surface area contributed by atoms with Gasteiger partial charge in [0.15, 0.2) is 6.10 Å². The molecule has 3 rings (SSSR count). The first-order valence-corrected chi connectivity index (χ1v) is 10.4. The fourth-order valence-electron chi connectivity index (χ4n) is 3.19. The van der Waals surface area contributed by atoms with Gasteiger partial charge in [0.1, 0.15) is 6.29 Å². The predicted molar refractivity (Wildman–Crippen MR) is 105 cm³/mol. The minimum atomic E-state index is -4.04. The molecule has 2 aromatic carbocycles. The highest BCUT2D eigenvalue weighted by molar-refractivity contribution is 7.86. The molecular weight excluding hydrogens is 412 g/mol. The molecule has 2 amide bonds. The van der Waals surface area contributed by atoms with Crippen LogP contribution in [0.1, 0.15) is 45.6 Å². The third-order valence-electron chi connectivity index (χ3n) is 4.80. The van der Waals surface area contributed by atoms with E-state index in [4.69, 9.17) is 0 Å². The Kier molecular flexibility index (Phi) is 6.01. The largest absolute Gasteiger partial charge is 0.378 e. The van der Waals surface area contributed by atoms with Crippen LogP contribution in [-0.4, -0.2) is 43.7 Å². The molecule has 0 spiro atoms. The first-order valence-electron chi connectivity index (χ1n) is 8.95. The number of aryl methyl sites for hydroxylation is 1. The van der Waals surface area contributed by atoms with Crippen molar-refractivity contribution in [3.05, 3.63) is 64.7 Å². The SMILES string of the molecule is COS(=O)(=O)c1ccc(C)cc1C1CC(=O)N1NC(=O)C(O)c1cccc(C=O)c1. The van der Waals surface area contributed by atoms with Crippen LogP contribution >= 0.6 is 0 Å². The van der Waals surface area contributed by atoms with E-state index in [1.54, 1.807) is 19.1 Å². The molecule has 2 N–H and O–H groups in total. The van der Waals surface area contributed by atoms with E-state index >= 15 is 0 Å². The van der Waals surface area contributed by atoms with Crippen LogP contribution in [-0.2, 0) is 23.9 Å². The van der Waals surface area contributed by atoms with E-state index < -0.39 is 34.1 Å². The molecule has 0 saturated carbocycles. The second kappa shape index (κ2) is 8.34. The number of nitrogens with zero attached hydrogens (tertiary/aromatic N) is 1. The normalized spacial score (nSPS) is 17.2. The monoisotopic (exact) mass is 432 g/mol. The zero-order valence-corrected chi connectivity index (χ0v) is 17.0. The zero-order chi connectivity index (χ0) is 22.1. The quantitative estimate of drug-likeness (QED) is 0.382. The van der Waals surface area contributed by atoms with E-state index in [-0.39, 0.29) is 22.4 Å². The third-order valence-corrected chi connectivity index (χ3v) is 6.15. The van der Waals surface area contributed by atoms with Gasteiger partial charge in [-0.2, -0.15) is 8.42 Å². The number of aldehydes is 1. The molecule has 30 heavy (non-hydrogen) atoms. The smallest absolute Gasteiger partial charge is 0.297 e. The lowest BCUT2D eigenvalue weighted by Crippen LogP contribution is -2.57. The van der Waals surface area contributed by atoms with E-state index in [9.17, 15) is 27.9 Å². The molecule has 1 aliphatic heterocycles. The fraction of sp³-hybridized carbons (Fsp3) is 0.250. The Morgan fingerprint density at radius 1 is 1.30 bits per heavy atom. The fourth-order valence-corrected chi connectivity index (χ4v) is 4.08. The molecule has 10 heteroatoms. The van der Waals surface area contributed by atoms with E-state index in [1.807, 2.05) is 0 Å². The predicted octanol–water partition coefficient (Wildman–Crippen LogP) is 1.18. The molecule has 1 saturated heterocycles. The van der Waals surface area contributed by atoms with Gasteiger partial charge in [-0.15, -0.1) is 0 Å². The number of benzene rings is 2. The van der Waals surface area contributed by atoms with Crippen molar-refractivity contribution < 1.29 is 32.1 Å². The second-order valence-electron chi connectivity index (χ2n) is 6.81. The first-order chi connectivity index (χ1) is 14.2. The van der Waals surface area contributed by atoms with Crippen LogP contribution in [0, 0.1) is 6.92 Å². The molecule has 9 nitrogen and oxygen atoms in total. The number of β-lactam (4-membered cyclic amide) rings is 1. The van der Waals surface area contributed by atoms with Crippen molar-refractivity contribution >= 4 is 28.2 Å². The van der Waals surface area contributed by atoms with Gasteiger partial charge in [0, 0.05) is 5.56 Å². The van der Waals surface area contributed by atoms with E-state index in [0.717, 1.165) is 17.7 Å². The Morgan fingerprint density at radius 2 is 2.03 bits per heavy atom. The lowest BCUT2D eigenvalue weighted by Gasteiger charge is -2.41. The van der Waals surface area contributed by atoms with Gasteiger partial charge >= 0.3 is 0 Å². The summed E-state index contributed by atoms with van der Waals surface area (Å²) in [4.78, 5) is 35.4. The highest BCUT2D eigenvalue weighted by atomic mass is 32.2. The van der Waals surface area contributed by atoms with Crippen molar-refractivity contribution in [1.82, 2.24) is 10.4 Å². The van der Waals surface area contributed by atoms with Crippen LogP contribution in [0.15, 0.2) is 47.4 Å². The van der Waals surface area contributed by atoms with Gasteiger partial charge in [-0.05, 0) is 30.2 Å². The van der Waals surface area contributed by atoms with Gasteiger partial charge < -0.3 is 5.11 Å². The van der Waals surface area contributed by atoms with Crippen molar-refractivity contribution in [1.29, 1.82) is 0 Å². The molecular formula is C20H20N2O7S. The molecule has 158 valence electrons. The van der Waals surface area contributed by atoms with Crippen LogP contribution in [0.25, 0.3) is 0 Å². The minimum absolute atomic E-state index is 0.0211. The van der Waals surface area contributed by atoms with Crippen molar-refractivity contribution in [3.63, 3.8) is 0 Å². The van der Waals surface area contributed by atoms with Gasteiger partial charge in [-0.25, -0.2) is 5.01 Å².